The normalized spacial score (nSPS) is 17.0. The van der Waals surface area contributed by atoms with Gasteiger partial charge in [0.05, 0.1) is 11.6 Å². The average Bonchev–Trinajstić information content (AvgIpc) is 3.18. The lowest BCUT2D eigenvalue weighted by Gasteiger charge is -2.25. The molecule has 1 amide bonds. The maximum Gasteiger partial charge on any atom is 0.295 e. The van der Waals surface area contributed by atoms with E-state index >= 15 is 0 Å². The van der Waals surface area contributed by atoms with Gasteiger partial charge in [-0.05, 0) is 12.0 Å². The maximum atomic E-state index is 13.1. The molecule has 2 aromatic rings. The van der Waals surface area contributed by atoms with Crippen molar-refractivity contribution in [3.05, 3.63) is 77.4 Å². The number of carbonyl (C=O) groups excluding carboxylic acids is 2. The number of likely N-dealkylation sites (tertiary alicyclic amines) is 1. The number of carbonyl (C=O) groups is 2. The Bertz CT molecular complexity index is 983. The summed E-state index contributed by atoms with van der Waals surface area (Å²) in [6.07, 6.45) is 17.8. The molecule has 1 aliphatic rings. The Morgan fingerprint density at radius 1 is 0.676 bits per heavy atom. The highest BCUT2D eigenvalue weighted by Crippen LogP contribution is 2.39. The number of hydrogen-bond donors (Lipinski definition) is 1. The van der Waals surface area contributed by atoms with Gasteiger partial charge in [0.2, 0.25) is 0 Å². The second-order valence-corrected chi connectivity index (χ2v) is 10.4. The van der Waals surface area contributed by atoms with E-state index in [0.717, 1.165) is 24.8 Å². The molecule has 1 fully saturated rings. The molecule has 0 bridgehead atoms. The Labute approximate surface area is 223 Å². The van der Waals surface area contributed by atoms with Gasteiger partial charge in [-0.3, -0.25) is 9.59 Å². The standard InChI is InChI=1S/C33H45NO3/c1-2-3-4-5-6-7-8-9-10-11-12-13-14-21-26-34-30(27-22-17-15-18-23-27)29(32(36)33(34)37)31(35)28-24-19-16-20-25-28/h15-20,22-25,30,35H,2-14,21,26H2,1H3. The summed E-state index contributed by atoms with van der Waals surface area (Å²) in [5, 5.41) is 11.0. The molecule has 4 nitrogen and oxygen atoms in total. The van der Waals surface area contributed by atoms with Crippen LogP contribution in [0.4, 0.5) is 0 Å². The van der Waals surface area contributed by atoms with Crippen molar-refractivity contribution in [2.24, 2.45) is 0 Å². The molecule has 0 spiro atoms. The highest BCUT2D eigenvalue weighted by molar-refractivity contribution is 6.46. The lowest BCUT2D eigenvalue weighted by atomic mass is 9.95. The van der Waals surface area contributed by atoms with Crippen LogP contribution in [0.15, 0.2) is 66.2 Å². The third-order valence-electron chi connectivity index (χ3n) is 7.46. The minimum Gasteiger partial charge on any atom is -0.507 e. The van der Waals surface area contributed by atoms with Crippen LogP contribution in [0.3, 0.4) is 0 Å². The highest BCUT2D eigenvalue weighted by Gasteiger charge is 2.45. The third kappa shape index (κ3) is 8.59. The smallest absolute Gasteiger partial charge is 0.295 e. The van der Waals surface area contributed by atoms with Crippen LogP contribution in [0.25, 0.3) is 5.76 Å². The van der Waals surface area contributed by atoms with E-state index in [4.69, 9.17) is 0 Å². The molecular formula is C33H45NO3. The van der Waals surface area contributed by atoms with Gasteiger partial charge in [0.1, 0.15) is 5.76 Å². The second-order valence-electron chi connectivity index (χ2n) is 10.4. The van der Waals surface area contributed by atoms with E-state index in [-0.39, 0.29) is 11.3 Å². The summed E-state index contributed by atoms with van der Waals surface area (Å²) in [5.74, 6) is -1.21. The van der Waals surface area contributed by atoms with Gasteiger partial charge in [-0.25, -0.2) is 0 Å². The van der Waals surface area contributed by atoms with E-state index in [1.54, 1.807) is 17.0 Å². The van der Waals surface area contributed by atoms with Crippen LogP contribution in [0, 0.1) is 0 Å². The average molecular weight is 504 g/mol. The van der Waals surface area contributed by atoms with Gasteiger partial charge in [-0.1, -0.05) is 151 Å². The number of ketones is 1. The number of nitrogens with zero attached hydrogens (tertiary/aromatic N) is 1. The van der Waals surface area contributed by atoms with Crippen molar-refractivity contribution in [2.75, 3.05) is 6.54 Å². The zero-order valence-corrected chi connectivity index (χ0v) is 22.7. The summed E-state index contributed by atoms with van der Waals surface area (Å²) in [5.41, 5.74) is 1.59. The minimum absolute atomic E-state index is 0.101. The summed E-state index contributed by atoms with van der Waals surface area (Å²) in [7, 11) is 0. The molecule has 200 valence electrons. The molecule has 1 N–H and O–H groups in total. The van der Waals surface area contributed by atoms with E-state index in [9.17, 15) is 14.7 Å². The number of Topliss-reactive ketones (excluding diaryl/α,β-unsaturated/α-hetero) is 1. The Morgan fingerprint density at radius 2 is 1.14 bits per heavy atom. The van der Waals surface area contributed by atoms with E-state index in [0.29, 0.717) is 12.1 Å². The Balaban J connectivity index is 1.47. The van der Waals surface area contributed by atoms with Crippen molar-refractivity contribution < 1.29 is 14.7 Å². The van der Waals surface area contributed by atoms with Crippen molar-refractivity contribution in [3.63, 3.8) is 0 Å². The first kappa shape index (κ1) is 28.7. The van der Waals surface area contributed by atoms with Crippen LogP contribution in [0.2, 0.25) is 0 Å². The Kier molecular flexibility index (Phi) is 12.5. The van der Waals surface area contributed by atoms with Gasteiger partial charge in [-0.2, -0.15) is 0 Å². The molecule has 0 aromatic heterocycles. The number of amides is 1. The van der Waals surface area contributed by atoms with Crippen molar-refractivity contribution >= 4 is 17.4 Å². The fourth-order valence-corrected chi connectivity index (χ4v) is 5.32. The lowest BCUT2D eigenvalue weighted by molar-refractivity contribution is -0.139. The van der Waals surface area contributed by atoms with Gasteiger partial charge in [-0.15, -0.1) is 0 Å². The SMILES string of the molecule is CCCCCCCCCCCCCCCCN1C(=O)C(=O)C(=C(O)c2ccccc2)C1c1ccccc1. The first-order valence-corrected chi connectivity index (χ1v) is 14.5. The first-order valence-electron chi connectivity index (χ1n) is 14.5. The lowest BCUT2D eigenvalue weighted by Crippen LogP contribution is -2.30. The van der Waals surface area contributed by atoms with Crippen LogP contribution >= 0.6 is 0 Å². The van der Waals surface area contributed by atoms with Crippen LogP contribution in [-0.2, 0) is 9.59 Å². The molecule has 0 radical (unpaired) electrons. The zero-order valence-electron chi connectivity index (χ0n) is 22.7. The molecule has 0 saturated carbocycles. The topological polar surface area (TPSA) is 57.6 Å². The van der Waals surface area contributed by atoms with Crippen molar-refractivity contribution in [2.45, 2.75) is 103 Å². The number of aliphatic hydroxyl groups excluding tert-OH is 1. The molecular weight excluding hydrogens is 458 g/mol. The molecule has 3 rings (SSSR count). The fourth-order valence-electron chi connectivity index (χ4n) is 5.32. The highest BCUT2D eigenvalue weighted by atomic mass is 16.3. The molecule has 0 aliphatic carbocycles. The largest absolute Gasteiger partial charge is 0.507 e. The summed E-state index contributed by atoms with van der Waals surface area (Å²) in [6, 6.07) is 18.0. The molecule has 4 heteroatoms. The van der Waals surface area contributed by atoms with E-state index in [1.807, 2.05) is 48.5 Å². The number of hydrogen-bond acceptors (Lipinski definition) is 3. The molecule has 1 aliphatic heterocycles. The second kappa shape index (κ2) is 16.1. The number of rotatable bonds is 17. The molecule has 1 heterocycles. The Morgan fingerprint density at radius 3 is 1.65 bits per heavy atom. The number of unbranched alkanes of at least 4 members (excludes halogenated alkanes) is 13. The summed E-state index contributed by atoms with van der Waals surface area (Å²) < 4.78 is 0. The summed E-state index contributed by atoms with van der Waals surface area (Å²) in [6.45, 7) is 2.79. The molecule has 2 aromatic carbocycles. The molecule has 37 heavy (non-hydrogen) atoms. The van der Waals surface area contributed by atoms with Gasteiger partial charge in [0.25, 0.3) is 11.7 Å². The van der Waals surface area contributed by atoms with E-state index < -0.39 is 17.7 Å². The van der Waals surface area contributed by atoms with Crippen molar-refractivity contribution in [3.8, 4) is 0 Å². The van der Waals surface area contributed by atoms with Gasteiger partial charge < -0.3 is 10.0 Å². The van der Waals surface area contributed by atoms with Gasteiger partial charge in [0, 0.05) is 12.1 Å². The zero-order chi connectivity index (χ0) is 26.3. The number of aliphatic hydroxyl groups is 1. The van der Waals surface area contributed by atoms with E-state index in [1.165, 1.54) is 70.6 Å². The molecule has 1 unspecified atom stereocenters. The summed E-state index contributed by atoms with van der Waals surface area (Å²) >= 11 is 0. The van der Waals surface area contributed by atoms with Gasteiger partial charge in [0.15, 0.2) is 0 Å². The number of benzene rings is 2. The Hall–Kier alpha value is -2.88. The van der Waals surface area contributed by atoms with Crippen LogP contribution in [-0.4, -0.2) is 28.2 Å². The van der Waals surface area contributed by atoms with Gasteiger partial charge >= 0.3 is 0 Å². The molecule has 1 atom stereocenters. The third-order valence-corrected chi connectivity index (χ3v) is 7.46. The maximum absolute atomic E-state index is 13.1. The quantitative estimate of drug-likeness (QED) is 0.102. The summed E-state index contributed by atoms with van der Waals surface area (Å²) in [4.78, 5) is 27.7. The predicted molar refractivity (Wildman–Crippen MR) is 152 cm³/mol. The predicted octanol–water partition coefficient (Wildman–Crippen LogP) is 8.59. The minimum atomic E-state index is -0.597. The van der Waals surface area contributed by atoms with Crippen LogP contribution < -0.4 is 0 Å². The van der Waals surface area contributed by atoms with Crippen LogP contribution in [0.1, 0.15) is 114 Å². The van der Waals surface area contributed by atoms with Crippen LogP contribution in [0.5, 0.6) is 0 Å². The monoisotopic (exact) mass is 503 g/mol. The van der Waals surface area contributed by atoms with Crippen molar-refractivity contribution in [1.82, 2.24) is 4.90 Å². The fraction of sp³-hybridized carbons (Fsp3) is 0.515. The van der Waals surface area contributed by atoms with Crippen molar-refractivity contribution in [1.29, 1.82) is 0 Å². The van der Waals surface area contributed by atoms with E-state index in [2.05, 4.69) is 6.92 Å². The molecule has 1 saturated heterocycles. The first-order chi connectivity index (χ1) is 18.1.